The molecule has 2 rings (SSSR count). The predicted octanol–water partition coefficient (Wildman–Crippen LogP) is 3.99. The van der Waals surface area contributed by atoms with E-state index in [1.807, 2.05) is 0 Å². The molecule has 2 N–H and O–H groups in total. The van der Waals surface area contributed by atoms with Gasteiger partial charge in [0.2, 0.25) is 5.91 Å². The highest BCUT2D eigenvalue weighted by molar-refractivity contribution is 6.31. The fraction of sp³-hybridized carbons (Fsp3) is 0.176. The maximum absolute atomic E-state index is 13.6. The van der Waals surface area contributed by atoms with E-state index in [9.17, 15) is 14.0 Å². The van der Waals surface area contributed by atoms with E-state index in [0.717, 1.165) is 0 Å². The van der Waals surface area contributed by atoms with Gasteiger partial charge >= 0.3 is 5.97 Å². The third-order valence-corrected chi connectivity index (χ3v) is 3.64. The molecular formula is C17H15ClFNO3. The van der Waals surface area contributed by atoms with Gasteiger partial charge in [-0.25, -0.2) is 9.18 Å². The van der Waals surface area contributed by atoms with Crippen molar-refractivity contribution in [2.24, 2.45) is 5.92 Å². The molecule has 0 heterocycles. The zero-order valence-corrected chi connectivity index (χ0v) is 13.1. The Morgan fingerprint density at radius 1 is 1.26 bits per heavy atom. The van der Waals surface area contributed by atoms with Crippen LogP contribution in [0.1, 0.15) is 22.8 Å². The van der Waals surface area contributed by atoms with Crippen LogP contribution < -0.4 is 5.32 Å². The fourth-order valence-corrected chi connectivity index (χ4v) is 2.32. The molecule has 23 heavy (non-hydrogen) atoms. The number of anilines is 1. The Morgan fingerprint density at radius 3 is 2.61 bits per heavy atom. The van der Waals surface area contributed by atoms with E-state index in [-0.39, 0.29) is 28.5 Å². The van der Waals surface area contributed by atoms with E-state index in [0.29, 0.717) is 5.56 Å². The monoisotopic (exact) mass is 335 g/mol. The molecule has 0 saturated carbocycles. The second-order valence-electron chi connectivity index (χ2n) is 5.18. The van der Waals surface area contributed by atoms with Gasteiger partial charge in [0.15, 0.2) is 0 Å². The highest BCUT2D eigenvalue weighted by Gasteiger charge is 2.18. The molecule has 0 spiro atoms. The van der Waals surface area contributed by atoms with Crippen LogP contribution in [-0.2, 0) is 11.2 Å². The molecular weight excluding hydrogens is 321 g/mol. The zero-order valence-electron chi connectivity index (χ0n) is 12.3. The van der Waals surface area contributed by atoms with Crippen LogP contribution in [0.3, 0.4) is 0 Å². The number of carboxylic acids is 1. The van der Waals surface area contributed by atoms with Crippen molar-refractivity contribution in [1.29, 1.82) is 0 Å². The third kappa shape index (κ3) is 4.29. The van der Waals surface area contributed by atoms with E-state index >= 15 is 0 Å². The van der Waals surface area contributed by atoms with Gasteiger partial charge in [-0.15, -0.1) is 0 Å². The van der Waals surface area contributed by atoms with Crippen LogP contribution in [0, 0.1) is 11.7 Å². The van der Waals surface area contributed by atoms with Crippen molar-refractivity contribution in [3.63, 3.8) is 0 Å². The van der Waals surface area contributed by atoms with Crippen LogP contribution >= 0.6 is 11.6 Å². The fourth-order valence-electron chi connectivity index (χ4n) is 2.14. The van der Waals surface area contributed by atoms with Crippen molar-refractivity contribution >= 4 is 29.2 Å². The molecule has 2 aromatic carbocycles. The van der Waals surface area contributed by atoms with Gasteiger partial charge in [0.05, 0.1) is 11.3 Å². The van der Waals surface area contributed by atoms with Gasteiger partial charge in [0.25, 0.3) is 0 Å². The minimum Gasteiger partial charge on any atom is -0.478 e. The van der Waals surface area contributed by atoms with Gasteiger partial charge < -0.3 is 10.4 Å². The standard InChI is InChI=1S/C17H15ClFNO3/c1-10(8-11-4-2-3-5-14(11)19)16(21)20-15-7-6-12(18)9-13(15)17(22)23/h2-7,9-10H,8H2,1H3,(H,20,21)(H,22,23). The number of benzene rings is 2. The van der Waals surface area contributed by atoms with Crippen molar-refractivity contribution in [3.8, 4) is 0 Å². The number of amides is 1. The number of carbonyl (C=O) groups excluding carboxylic acids is 1. The van der Waals surface area contributed by atoms with Crippen molar-refractivity contribution in [2.45, 2.75) is 13.3 Å². The second kappa shape index (κ2) is 7.24. The predicted molar refractivity (Wildman–Crippen MR) is 86.3 cm³/mol. The van der Waals surface area contributed by atoms with E-state index in [1.54, 1.807) is 25.1 Å². The number of nitrogens with one attached hydrogen (secondary N) is 1. The Kier molecular flexibility index (Phi) is 5.34. The van der Waals surface area contributed by atoms with Gasteiger partial charge in [0.1, 0.15) is 5.82 Å². The van der Waals surface area contributed by atoms with Crippen LogP contribution in [-0.4, -0.2) is 17.0 Å². The Hall–Kier alpha value is -2.40. The Bertz CT molecular complexity index is 748. The quantitative estimate of drug-likeness (QED) is 0.868. The molecule has 6 heteroatoms. The van der Waals surface area contributed by atoms with E-state index < -0.39 is 17.8 Å². The van der Waals surface area contributed by atoms with Gasteiger partial charge in [-0.05, 0) is 36.2 Å². The van der Waals surface area contributed by atoms with Crippen molar-refractivity contribution in [2.75, 3.05) is 5.32 Å². The molecule has 0 aliphatic heterocycles. The summed E-state index contributed by atoms with van der Waals surface area (Å²) in [4.78, 5) is 23.4. The third-order valence-electron chi connectivity index (χ3n) is 3.40. The maximum atomic E-state index is 13.6. The van der Waals surface area contributed by atoms with Crippen LogP contribution in [0.4, 0.5) is 10.1 Å². The summed E-state index contributed by atoms with van der Waals surface area (Å²) in [6.07, 6.45) is 0.217. The first-order chi connectivity index (χ1) is 10.9. The Labute approximate surface area is 137 Å². The number of carboxylic acid groups (broad SMARTS) is 1. The average molecular weight is 336 g/mol. The van der Waals surface area contributed by atoms with Gasteiger partial charge in [-0.3, -0.25) is 4.79 Å². The molecule has 1 atom stereocenters. The summed E-state index contributed by atoms with van der Waals surface area (Å²) in [5.41, 5.74) is 0.501. The lowest BCUT2D eigenvalue weighted by Gasteiger charge is -2.14. The molecule has 2 aromatic rings. The first-order valence-electron chi connectivity index (χ1n) is 6.95. The minimum atomic E-state index is -1.19. The molecule has 0 bridgehead atoms. The molecule has 1 unspecified atom stereocenters. The number of carbonyl (C=O) groups is 2. The summed E-state index contributed by atoms with van der Waals surface area (Å²) in [5.74, 6) is -2.48. The van der Waals surface area contributed by atoms with E-state index in [2.05, 4.69) is 5.32 Å². The van der Waals surface area contributed by atoms with Gasteiger partial charge in [-0.2, -0.15) is 0 Å². The molecule has 120 valence electrons. The lowest BCUT2D eigenvalue weighted by molar-refractivity contribution is -0.119. The summed E-state index contributed by atoms with van der Waals surface area (Å²) in [5, 5.41) is 12.0. The topological polar surface area (TPSA) is 66.4 Å². The zero-order chi connectivity index (χ0) is 17.0. The number of halogens is 2. The molecule has 0 aliphatic carbocycles. The van der Waals surface area contributed by atoms with Gasteiger partial charge in [0, 0.05) is 10.9 Å². The molecule has 4 nitrogen and oxygen atoms in total. The van der Waals surface area contributed by atoms with Crippen molar-refractivity contribution in [1.82, 2.24) is 0 Å². The van der Waals surface area contributed by atoms with Crippen molar-refractivity contribution < 1.29 is 19.1 Å². The smallest absolute Gasteiger partial charge is 0.337 e. The highest BCUT2D eigenvalue weighted by atomic mass is 35.5. The summed E-state index contributed by atoms with van der Waals surface area (Å²) >= 11 is 5.77. The average Bonchev–Trinajstić information content (AvgIpc) is 2.51. The highest BCUT2D eigenvalue weighted by Crippen LogP contribution is 2.22. The first kappa shape index (κ1) is 17.0. The second-order valence-corrected chi connectivity index (χ2v) is 5.62. The summed E-state index contributed by atoms with van der Waals surface area (Å²) in [6.45, 7) is 1.65. The van der Waals surface area contributed by atoms with Crippen LogP contribution in [0.2, 0.25) is 5.02 Å². The lowest BCUT2D eigenvalue weighted by Crippen LogP contribution is -2.23. The lowest BCUT2D eigenvalue weighted by atomic mass is 9.99. The van der Waals surface area contributed by atoms with Crippen LogP contribution in [0.15, 0.2) is 42.5 Å². The summed E-state index contributed by atoms with van der Waals surface area (Å²) < 4.78 is 13.6. The summed E-state index contributed by atoms with van der Waals surface area (Å²) in [7, 11) is 0. The number of hydrogen-bond donors (Lipinski definition) is 2. The molecule has 0 radical (unpaired) electrons. The molecule has 0 fully saturated rings. The number of rotatable bonds is 5. The Balaban J connectivity index is 2.13. The largest absolute Gasteiger partial charge is 0.478 e. The Morgan fingerprint density at radius 2 is 1.96 bits per heavy atom. The SMILES string of the molecule is CC(Cc1ccccc1F)C(=O)Nc1ccc(Cl)cc1C(=O)O. The molecule has 0 saturated heterocycles. The summed E-state index contributed by atoms with van der Waals surface area (Å²) in [6, 6.07) is 10.4. The van der Waals surface area contributed by atoms with Crippen molar-refractivity contribution in [3.05, 3.63) is 64.4 Å². The number of hydrogen-bond acceptors (Lipinski definition) is 2. The molecule has 1 amide bonds. The van der Waals surface area contributed by atoms with E-state index in [4.69, 9.17) is 16.7 Å². The molecule has 0 aromatic heterocycles. The minimum absolute atomic E-state index is 0.0936. The van der Waals surface area contributed by atoms with Gasteiger partial charge in [-0.1, -0.05) is 36.7 Å². The molecule has 0 aliphatic rings. The van der Waals surface area contributed by atoms with Crippen LogP contribution in [0.5, 0.6) is 0 Å². The van der Waals surface area contributed by atoms with Crippen LogP contribution in [0.25, 0.3) is 0 Å². The van der Waals surface area contributed by atoms with E-state index in [1.165, 1.54) is 24.3 Å². The first-order valence-corrected chi connectivity index (χ1v) is 7.33. The maximum Gasteiger partial charge on any atom is 0.337 e. The normalized spacial score (nSPS) is 11.8. The number of aromatic carboxylic acids is 1.